The zero-order valence-electron chi connectivity index (χ0n) is 24.8. The Hall–Kier alpha value is -3.47. The number of anilines is 2. The van der Waals surface area contributed by atoms with Crippen LogP contribution in [-0.4, -0.2) is 64.1 Å². The topological polar surface area (TPSA) is 113 Å². The first-order chi connectivity index (χ1) is 22.3. The molecule has 0 atom stereocenters. The SMILES string of the molecule is NC1CCN(c2ncnc3cc(Cl)ccc23)CC1.O=C(NC1CCN(c2ncnc3cc(Cl)ccc23)CC1)c1cccc(Cl)c1Cl. The second kappa shape index (κ2) is 14.5. The molecule has 0 saturated carbocycles. The van der Waals surface area contributed by atoms with Crippen molar-refractivity contribution in [1.29, 1.82) is 0 Å². The Morgan fingerprint density at radius 3 is 1.78 bits per heavy atom. The lowest BCUT2D eigenvalue weighted by atomic mass is 10.0. The van der Waals surface area contributed by atoms with Crippen LogP contribution >= 0.6 is 46.4 Å². The normalized spacial score (nSPS) is 15.9. The minimum Gasteiger partial charge on any atom is -0.356 e. The van der Waals surface area contributed by atoms with Crippen LogP contribution in [0.1, 0.15) is 36.0 Å². The summed E-state index contributed by atoms with van der Waals surface area (Å²) in [7, 11) is 0. The Morgan fingerprint density at radius 2 is 1.24 bits per heavy atom. The molecule has 0 unspecified atom stereocenters. The fourth-order valence-corrected chi connectivity index (χ4v) is 6.54. The lowest BCUT2D eigenvalue weighted by Gasteiger charge is -2.33. The van der Waals surface area contributed by atoms with Crippen molar-refractivity contribution in [2.24, 2.45) is 5.73 Å². The van der Waals surface area contributed by atoms with Crippen LogP contribution in [0.15, 0.2) is 67.3 Å². The number of piperidine rings is 2. The van der Waals surface area contributed by atoms with Gasteiger partial charge in [-0.25, -0.2) is 19.9 Å². The standard InChI is InChI=1S/C20H17Cl3N4O.C13H15ClN4/c21-12-4-5-14-17(10-12)24-11-25-19(14)27-8-6-13(7-9-27)26-20(28)15-2-1-3-16(22)18(15)23;14-9-1-2-11-12(7-9)16-8-17-13(11)18-5-3-10(15)4-6-18/h1-5,10-11,13H,6-9H2,(H,26,28);1-2,7-8,10H,3-6,15H2. The summed E-state index contributed by atoms with van der Waals surface area (Å²) in [4.78, 5) is 34.5. The highest BCUT2D eigenvalue weighted by Gasteiger charge is 2.24. The average Bonchev–Trinajstić information content (AvgIpc) is 3.06. The lowest BCUT2D eigenvalue weighted by Crippen LogP contribution is -2.45. The van der Waals surface area contributed by atoms with Crippen molar-refractivity contribution >= 4 is 85.8 Å². The summed E-state index contributed by atoms with van der Waals surface area (Å²) < 4.78 is 0. The second-order valence-electron chi connectivity index (χ2n) is 11.4. The molecule has 0 radical (unpaired) electrons. The third-order valence-electron chi connectivity index (χ3n) is 8.32. The van der Waals surface area contributed by atoms with Crippen LogP contribution in [0.2, 0.25) is 20.1 Å². The highest BCUT2D eigenvalue weighted by atomic mass is 35.5. The average molecular weight is 698 g/mol. The third-order valence-corrected chi connectivity index (χ3v) is 9.61. The van der Waals surface area contributed by atoms with E-state index in [1.165, 1.54) is 0 Å². The van der Waals surface area contributed by atoms with E-state index in [9.17, 15) is 4.79 Å². The van der Waals surface area contributed by atoms with E-state index in [1.54, 1.807) is 30.9 Å². The van der Waals surface area contributed by atoms with E-state index in [-0.39, 0.29) is 17.0 Å². The number of nitrogens with two attached hydrogens (primary N) is 1. The van der Waals surface area contributed by atoms with Crippen molar-refractivity contribution < 1.29 is 4.79 Å². The van der Waals surface area contributed by atoms with Crippen molar-refractivity contribution in [3.8, 4) is 0 Å². The molecule has 238 valence electrons. The molecule has 2 aromatic heterocycles. The largest absolute Gasteiger partial charge is 0.356 e. The predicted molar refractivity (Wildman–Crippen MR) is 188 cm³/mol. The summed E-state index contributed by atoms with van der Waals surface area (Å²) >= 11 is 24.2. The molecule has 5 aromatic rings. The number of hydrogen-bond acceptors (Lipinski definition) is 8. The number of carbonyl (C=O) groups excluding carboxylic acids is 1. The molecular weight excluding hydrogens is 666 g/mol. The zero-order valence-corrected chi connectivity index (χ0v) is 27.9. The van der Waals surface area contributed by atoms with Crippen LogP contribution in [0.5, 0.6) is 0 Å². The van der Waals surface area contributed by atoms with Crippen molar-refractivity contribution in [3.63, 3.8) is 0 Å². The zero-order chi connectivity index (χ0) is 32.2. The van der Waals surface area contributed by atoms with Crippen molar-refractivity contribution in [1.82, 2.24) is 25.3 Å². The summed E-state index contributed by atoms with van der Waals surface area (Å²) in [6, 6.07) is 16.8. The molecule has 1 amide bonds. The third kappa shape index (κ3) is 7.40. The van der Waals surface area contributed by atoms with Gasteiger partial charge in [0.2, 0.25) is 0 Å². The molecule has 4 heterocycles. The van der Waals surface area contributed by atoms with Gasteiger partial charge in [-0.05, 0) is 74.2 Å². The van der Waals surface area contributed by atoms with Gasteiger partial charge in [-0.2, -0.15) is 0 Å². The molecule has 2 fully saturated rings. The quantitative estimate of drug-likeness (QED) is 0.203. The van der Waals surface area contributed by atoms with Gasteiger partial charge in [0.1, 0.15) is 24.3 Å². The fraction of sp³-hybridized carbons (Fsp3) is 0.303. The van der Waals surface area contributed by atoms with Gasteiger partial charge >= 0.3 is 0 Å². The second-order valence-corrected chi connectivity index (χ2v) is 13.0. The van der Waals surface area contributed by atoms with Crippen molar-refractivity contribution in [2.75, 3.05) is 36.0 Å². The van der Waals surface area contributed by atoms with E-state index in [2.05, 4.69) is 35.1 Å². The Bertz CT molecular complexity index is 1860. The maximum absolute atomic E-state index is 12.5. The summed E-state index contributed by atoms with van der Waals surface area (Å²) in [5.74, 6) is 1.68. The van der Waals surface area contributed by atoms with Gasteiger partial charge < -0.3 is 20.9 Å². The molecule has 2 aliphatic rings. The van der Waals surface area contributed by atoms with Crippen molar-refractivity contribution in [3.05, 3.63) is 92.9 Å². The first-order valence-corrected chi connectivity index (χ1v) is 16.6. The van der Waals surface area contributed by atoms with Gasteiger partial charge in [0, 0.05) is 59.1 Å². The number of rotatable bonds is 4. The molecule has 3 aromatic carbocycles. The summed E-state index contributed by atoms with van der Waals surface area (Å²) in [5, 5.41) is 7.10. The molecule has 46 heavy (non-hydrogen) atoms. The molecule has 2 aliphatic heterocycles. The number of hydrogen-bond donors (Lipinski definition) is 2. The summed E-state index contributed by atoms with van der Waals surface area (Å²) in [6.45, 7) is 3.47. The Labute approximate surface area is 287 Å². The first-order valence-electron chi connectivity index (χ1n) is 15.1. The molecule has 9 nitrogen and oxygen atoms in total. The molecule has 0 aliphatic carbocycles. The number of aromatic nitrogens is 4. The van der Waals surface area contributed by atoms with Gasteiger partial charge in [-0.3, -0.25) is 4.79 Å². The molecule has 0 spiro atoms. The summed E-state index contributed by atoms with van der Waals surface area (Å²) in [5.41, 5.74) is 8.04. The molecule has 13 heteroatoms. The molecule has 3 N–H and O–H groups in total. The van der Waals surface area contributed by atoms with Gasteiger partial charge in [-0.15, -0.1) is 0 Å². The molecule has 7 rings (SSSR count). The van der Waals surface area contributed by atoms with Gasteiger partial charge in [-0.1, -0.05) is 52.5 Å². The van der Waals surface area contributed by atoms with Crippen LogP contribution in [0, 0.1) is 0 Å². The molecular formula is C33H32Cl4N8O. The highest BCUT2D eigenvalue weighted by Crippen LogP contribution is 2.30. The first kappa shape index (κ1) is 32.5. The van der Waals surface area contributed by atoms with E-state index in [0.717, 1.165) is 85.3 Å². The maximum Gasteiger partial charge on any atom is 0.253 e. The number of nitrogens with zero attached hydrogens (tertiary/aromatic N) is 6. The van der Waals surface area contributed by atoms with Gasteiger partial charge in [0.05, 0.1) is 26.6 Å². The number of amides is 1. The molecule has 2 saturated heterocycles. The van der Waals surface area contributed by atoms with Crippen LogP contribution in [0.25, 0.3) is 21.8 Å². The van der Waals surface area contributed by atoms with E-state index in [4.69, 9.17) is 52.1 Å². The predicted octanol–water partition coefficient (Wildman–Crippen LogP) is 7.20. The number of halogens is 4. The molecule has 0 bridgehead atoms. The number of benzene rings is 3. The van der Waals surface area contributed by atoms with Gasteiger partial charge in [0.25, 0.3) is 5.91 Å². The van der Waals surface area contributed by atoms with Crippen LogP contribution in [0.3, 0.4) is 0 Å². The van der Waals surface area contributed by atoms with E-state index in [1.807, 2.05) is 36.4 Å². The Kier molecular flexibility index (Phi) is 10.3. The van der Waals surface area contributed by atoms with Crippen LogP contribution in [0.4, 0.5) is 11.6 Å². The minimum atomic E-state index is -0.201. The lowest BCUT2D eigenvalue weighted by molar-refractivity contribution is 0.0931. The van der Waals surface area contributed by atoms with Crippen molar-refractivity contribution in [2.45, 2.75) is 37.8 Å². The minimum absolute atomic E-state index is 0.0707. The van der Waals surface area contributed by atoms with Crippen LogP contribution < -0.4 is 20.9 Å². The van der Waals surface area contributed by atoms with Crippen LogP contribution in [-0.2, 0) is 0 Å². The van der Waals surface area contributed by atoms with E-state index in [0.29, 0.717) is 26.7 Å². The van der Waals surface area contributed by atoms with E-state index < -0.39 is 0 Å². The maximum atomic E-state index is 12.5. The smallest absolute Gasteiger partial charge is 0.253 e. The Balaban J connectivity index is 0.000000178. The highest BCUT2D eigenvalue weighted by molar-refractivity contribution is 6.43. The fourth-order valence-electron chi connectivity index (χ4n) is 5.83. The summed E-state index contributed by atoms with van der Waals surface area (Å²) in [6.07, 6.45) is 6.80. The number of nitrogens with one attached hydrogen (secondary N) is 1. The monoisotopic (exact) mass is 696 g/mol. The number of carbonyl (C=O) groups is 1. The number of fused-ring (bicyclic) bond motifs is 2. The van der Waals surface area contributed by atoms with E-state index >= 15 is 0 Å². The Morgan fingerprint density at radius 1 is 0.717 bits per heavy atom. The van der Waals surface area contributed by atoms with Gasteiger partial charge in [0.15, 0.2) is 0 Å².